The van der Waals surface area contributed by atoms with E-state index in [9.17, 15) is 13.2 Å². The van der Waals surface area contributed by atoms with Gasteiger partial charge in [0.1, 0.15) is 5.75 Å². The van der Waals surface area contributed by atoms with Crippen molar-refractivity contribution in [2.45, 2.75) is 6.36 Å². The summed E-state index contributed by atoms with van der Waals surface area (Å²) in [5.41, 5.74) is 1.59. The van der Waals surface area contributed by atoms with Crippen LogP contribution in [0.3, 0.4) is 0 Å². The smallest absolute Gasteiger partial charge is 0.406 e. The van der Waals surface area contributed by atoms with Gasteiger partial charge in [-0.15, -0.1) is 19.6 Å². The first-order valence-corrected chi connectivity index (χ1v) is 5.27. The summed E-state index contributed by atoms with van der Waals surface area (Å²) < 4.78 is 40.2. The standard InChI is InChI=1S/C14H8F3NO/c1-2-10-6-7-18-13(8-10)11-4-3-5-12(9-11)19-14(15,16)17/h1,3-9H. The summed E-state index contributed by atoms with van der Waals surface area (Å²) in [6.45, 7) is 0. The van der Waals surface area contributed by atoms with E-state index in [1.165, 1.54) is 24.4 Å². The molecule has 0 amide bonds. The van der Waals surface area contributed by atoms with Gasteiger partial charge in [-0.05, 0) is 24.3 Å². The number of halogens is 3. The molecule has 0 fully saturated rings. The van der Waals surface area contributed by atoms with Crippen molar-refractivity contribution in [2.75, 3.05) is 0 Å². The Kier molecular flexibility index (Phi) is 3.43. The number of terminal acetylenes is 1. The van der Waals surface area contributed by atoms with Crippen molar-refractivity contribution in [3.63, 3.8) is 0 Å². The summed E-state index contributed by atoms with van der Waals surface area (Å²) in [5, 5.41) is 0. The van der Waals surface area contributed by atoms with E-state index in [4.69, 9.17) is 6.42 Å². The zero-order chi connectivity index (χ0) is 13.9. The second-order valence-electron chi connectivity index (χ2n) is 3.65. The monoisotopic (exact) mass is 263 g/mol. The average Bonchev–Trinajstić information content (AvgIpc) is 2.37. The minimum atomic E-state index is -4.72. The van der Waals surface area contributed by atoms with Gasteiger partial charge in [-0.1, -0.05) is 18.1 Å². The predicted molar refractivity (Wildman–Crippen MR) is 64.3 cm³/mol. The quantitative estimate of drug-likeness (QED) is 0.772. The molecular weight excluding hydrogens is 255 g/mol. The molecule has 0 N–H and O–H groups in total. The fourth-order valence-electron chi connectivity index (χ4n) is 1.53. The average molecular weight is 263 g/mol. The molecule has 2 rings (SSSR count). The largest absolute Gasteiger partial charge is 0.573 e. The fourth-order valence-corrected chi connectivity index (χ4v) is 1.53. The molecule has 0 aliphatic rings. The van der Waals surface area contributed by atoms with Gasteiger partial charge in [0.2, 0.25) is 0 Å². The third-order valence-electron chi connectivity index (χ3n) is 2.29. The van der Waals surface area contributed by atoms with Gasteiger partial charge in [0.25, 0.3) is 0 Å². The number of ether oxygens (including phenoxy) is 1. The number of aromatic nitrogens is 1. The van der Waals surface area contributed by atoms with Crippen molar-refractivity contribution >= 4 is 0 Å². The molecule has 5 heteroatoms. The van der Waals surface area contributed by atoms with Crippen molar-refractivity contribution < 1.29 is 17.9 Å². The highest BCUT2D eigenvalue weighted by atomic mass is 19.4. The van der Waals surface area contributed by atoms with Crippen LogP contribution in [0.1, 0.15) is 5.56 Å². The van der Waals surface area contributed by atoms with E-state index < -0.39 is 6.36 Å². The van der Waals surface area contributed by atoms with E-state index in [0.29, 0.717) is 16.8 Å². The Bertz CT molecular complexity index is 629. The van der Waals surface area contributed by atoms with Crippen LogP contribution >= 0.6 is 0 Å². The molecule has 2 nitrogen and oxygen atoms in total. The summed E-state index contributed by atoms with van der Waals surface area (Å²) in [6.07, 6.45) is 2.04. The van der Waals surface area contributed by atoms with Crippen LogP contribution in [0.25, 0.3) is 11.3 Å². The highest BCUT2D eigenvalue weighted by molar-refractivity contribution is 5.62. The van der Waals surface area contributed by atoms with E-state index in [1.54, 1.807) is 18.2 Å². The Labute approximate surface area is 107 Å². The highest BCUT2D eigenvalue weighted by Crippen LogP contribution is 2.27. The van der Waals surface area contributed by atoms with E-state index in [0.717, 1.165) is 0 Å². The van der Waals surface area contributed by atoms with Crippen LogP contribution in [0, 0.1) is 12.3 Å². The lowest BCUT2D eigenvalue weighted by molar-refractivity contribution is -0.274. The molecule has 0 radical (unpaired) electrons. The van der Waals surface area contributed by atoms with Gasteiger partial charge in [-0.25, -0.2) is 0 Å². The highest BCUT2D eigenvalue weighted by Gasteiger charge is 2.31. The topological polar surface area (TPSA) is 22.1 Å². The van der Waals surface area contributed by atoms with Gasteiger partial charge >= 0.3 is 6.36 Å². The molecule has 1 aromatic heterocycles. The third-order valence-corrected chi connectivity index (χ3v) is 2.29. The van der Waals surface area contributed by atoms with Crippen LogP contribution in [-0.4, -0.2) is 11.3 Å². The van der Waals surface area contributed by atoms with Crippen LogP contribution < -0.4 is 4.74 Å². The van der Waals surface area contributed by atoms with Crippen LogP contribution in [0.15, 0.2) is 42.6 Å². The van der Waals surface area contributed by atoms with Gasteiger partial charge in [0, 0.05) is 17.3 Å². The SMILES string of the molecule is C#Cc1ccnc(-c2cccc(OC(F)(F)F)c2)c1. The predicted octanol–water partition coefficient (Wildman–Crippen LogP) is 3.63. The molecule has 2 aromatic rings. The number of benzene rings is 1. The fraction of sp³-hybridized carbons (Fsp3) is 0.0714. The molecule has 1 heterocycles. The van der Waals surface area contributed by atoms with Gasteiger partial charge < -0.3 is 4.74 Å². The van der Waals surface area contributed by atoms with Crippen molar-refractivity contribution in [3.05, 3.63) is 48.2 Å². The van der Waals surface area contributed by atoms with Crippen LogP contribution in [0.2, 0.25) is 0 Å². The van der Waals surface area contributed by atoms with E-state index in [2.05, 4.69) is 15.6 Å². The maximum absolute atomic E-state index is 12.1. The van der Waals surface area contributed by atoms with Crippen LogP contribution in [0.4, 0.5) is 13.2 Å². The first-order valence-electron chi connectivity index (χ1n) is 5.27. The maximum Gasteiger partial charge on any atom is 0.573 e. The first-order chi connectivity index (χ1) is 8.98. The second kappa shape index (κ2) is 5.02. The van der Waals surface area contributed by atoms with Gasteiger partial charge in [-0.2, -0.15) is 0 Å². The van der Waals surface area contributed by atoms with Crippen molar-refractivity contribution in [1.82, 2.24) is 4.98 Å². The minimum Gasteiger partial charge on any atom is -0.406 e. The Morgan fingerprint density at radius 2 is 1.95 bits per heavy atom. The molecule has 0 saturated heterocycles. The Morgan fingerprint density at radius 3 is 2.63 bits per heavy atom. The molecular formula is C14H8F3NO. The summed E-state index contributed by atoms with van der Waals surface area (Å²) in [5.74, 6) is 2.15. The number of hydrogen-bond donors (Lipinski definition) is 0. The number of rotatable bonds is 2. The molecule has 0 aliphatic carbocycles. The van der Waals surface area contributed by atoms with Gasteiger partial charge in [0.05, 0.1) is 5.69 Å². The van der Waals surface area contributed by atoms with Crippen LogP contribution in [-0.2, 0) is 0 Å². The third kappa shape index (κ3) is 3.49. The van der Waals surface area contributed by atoms with Gasteiger partial charge in [0.15, 0.2) is 0 Å². The number of pyridine rings is 1. The lowest BCUT2D eigenvalue weighted by atomic mass is 10.1. The zero-order valence-corrected chi connectivity index (χ0v) is 9.61. The Balaban J connectivity index is 2.35. The minimum absolute atomic E-state index is 0.294. The molecule has 0 unspecified atom stereocenters. The van der Waals surface area contributed by atoms with Crippen molar-refractivity contribution in [3.8, 4) is 29.4 Å². The number of hydrogen-bond acceptors (Lipinski definition) is 2. The molecule has 0 aliphatic heterocycles. The lowest BCUT2D eigenvalue weighted by Crippen LogP contribution is -2.17. The summed E-state index contributed by atoms with van der Waals surface area (Å²) >= 11 is 0. The second-order valence-corrected chi connectivity index (χ2v) is 3.65. The first kappa shape index (κ1) is 13.0. The van der Waals surface area contributed by atoms with E-state index in [-0.39, 0.29) is 5.75 Å². The molecule has 0 saturated carbocycles. The normalized spacial score (nSPS) is 10.8. The zero-order valence-electron chi connectivity index (χ0n) is 9.61. The maximum atomic E-state index is 12.1. The molecule has 96 valence electrons. The molecule has 1 aromatic carbocycles. The van der Waals surface area contributed by atoms with E-state index in [1.807, 2.05) is 0 Å². The van der Waals surface area contributed by atoms with Crippen molar-refractivity contribution in [2.24, 2.45) is 0 Å². The molecule has 0 bridgehead atoms. The lowest BCUT2D eigenvalue weighted by Gasteiger charge is -2.09. The molecule has 0 spiro atoms. The summed E-state index contributed by atoms with van der Waals surface area (Å²) in [4.78, 5) is 4.06. The summed E-state index contributed by atoms with van der Waals surface area (Å²) in [6, 6.07) is 8.83. The number of alkyl halides is 3. The Hall–Kier alpha value is -2.48. The Morgan fingerprint density at radius 1 is 1.16 bits per heavy atom. The van der Waals surface area contributed by atoms with Crippen LogP contribution in [0.5, 0.6) is 5.75 Å². The molecule has 19 heavy (non-hydrogen) atoms. The number of nitrogens with zero attached hydrogens (tertiary/aromatic N) is 1. The summed E-state index contributed by atoms with van der Waals surface area (Å²) in [7, 11) is 0. The molecule has 0 atom stereocenters. The van der Waals surface area contributed by atoms with Crippen molar-refractivity contribution in [1.29, 1.82) is 0 Å². The van der Waals surface area contributed by atoms with Gasteiger partial charge in [-0.3, -0.25) is 4.98 Å². The van der Waals surface area contributed by atoms with E-state index >= 15 is 0 Å².